The van der Waals surface area contributed by atoms with Crippen LogP contribution in [0.15, 0.2) is 6.07 Å². The monoisotopic (exact) mass is 220 g/mol. The van der Waals surface area contributed by atoms with Crippen LogP contribution in [-0.4, -0.2) is 6.54 Å². The van der Waals surface area contributed by atoms with E-state index in [-0.39, 0.29) is 0 Å². The predicted molar refractivity (Wildman–Crippen MR) is 51.7 cm³/mol. The topological polar surface area (TPSA) is 35.8 Å². The summed E-state index contributed by atoms with van der Waals surface area (Å²) in [5.41, 5.74) is 0.946. The molecule has 0 atom stereocenters. The maximum atomic E-state index is 8.25. The van der Waals surface area contributed by atoms with Crippen LogP contribution in [0.25, 0.3) is 0 Å². The van der Waals surface area contributed by atoms with Crippen LogP contribution in [-0.2, 0) is 6.54 Å². The molecule has 0 aliphatic carbocycles. The van der Waals surface area contributed by atoms with Crippen LogP contribution in [0.4, 0.5) is 0 Å². The van der Waals surface area contributed by atoms with Crippen LogP contribution in [0.5, 0.6) is 0 Å². The number of hydrogen-bond acceptors (Lipinski definition) is 3. The number of thiophene rings is 1. The van der Waals surface area contributed by atoms with Crippen molar-refractivity contribution in [2.75, 3.05) is 6.54 Å². The lowest BCUT2D eigenvalue weighted by Gasteiger charge is -1.96. The molecule has 1 rings (SSSR count). The first kappa shape index (κ1) is 9.82. The molecule has 0 spiro atoms. The van der Waals surface area contributed by atoms with E-state index in [1.54, 1.807) is 6.07 Å². The van der Waals surface area contributed by atoms with Crippen molar-refractivity contribution in [3.8, 4) is 6.07 Å². The van der Waals surface area contributed by atoms with Gasteiger partial charge < -0.3 is 5.32 Å². The molecule has 0 unspecified atom stereocenters. The highest BCUT2D eigenvalue weighted by Crippen LogP contribution is 2.30. The lowest BCUT2D eigenvalue weighted by atomic mass is 10.3. The van der Waals surface area contributed by atoms with E-state index in [4.69, 9.17) is 28.5 Å². The van der Waals surface area contributed by atoms with Crippen molar-refractivity contribution in [1.29, 1.82) is 5.26 Å². The molecule has 1 N–H and O–H groups in total. The second kappa shape index (κ2) is 4.68. The van der Waals surface area contributed by atoms with Crippen molar-refractivity contribution < 1.29 is 0 Å². The van der Waals surface area contributed by atoms with Crippen molar-refractivity contribution in [2.45, 2.75) is 6.54 Å². The summed E-state index contributed by atoms with van der Waals surface area (Å²) in [6.07, 6.45) is 0. The van der Waals surface area contributed by atoms with Gasteiger partial charge in [0, 0.05) is 6.54 Å². The molecule has 0 bridgehead atoms. The third kappa shape index (κ3) is 2.65. The standard InChI is InChI=1S/C7H6Cl2N2S/c8-6-3-5(7(9)12-6)4-11-2-1-10/h3,11H,2,4H2. The second-order valence-corrected chi connectivity index (χ2v) is 4.40. The van der Waals surface area contributed by atoms with Crippen molar-refractivity contribution in [1.82, 2.24) is 5.32 Å². The first-order valence-electron chi connectivity index (χ1n) is 3.25. The summed E-state index contributed by atoms with van der Waals surface area (Å²) >= 11 is 12.9. The SMILES string of the molecule is N#CCNCc1cc(Cl)sc1Cl. The minimum absolute atomic E-state index is 0.323. The molecule has 0 aliphatic rings. The van der Waals surface area contributed by atoms with Gasteiger partial charge in [-0.1, -0.05) is 23.2 Å². The molecule has 0 aliphatic heterocycles. The summed E-state index contributed by atoms with van der Waals surface area (Å²) in [6.45, 7) is 0.916. The fourth-order valence-corrected chi connectivity index (χ4v) is 2.23. The predicted octanol–water partition coefficient (Wildman–Crippen LogP) is 2.67. The summed E-state index contributed by atoms with van der Waals surface area (Å²) in [7, 11) is 0. The summed E-state index contributed by atoms with van der Waals surface area (Å²) in [6, 6.07) is 3.78. The molecule has 0 saturated carbocycles. The van der Waals surface area contributed by atoms with E-state index >= 15 is 0 Å². The van der Waals surface area contributed by atoms with Crippen LogP contribution in [0.3, 0.4) is 0 Å². The summed E-state index contributed by atoms with van der Waals surface area (Å²) in [5.74, 6) is 0. The van der Waals surface area contributed by atoms with E-state index in [9.17, 15) is 0 Å². The summed E-state index contributed by atoms with van der Waals surface area (Å²) in [4.78, 5) is 0. The van der Waals surface area contributed by atoms with E-state index in [2.05, 4.69) is 5.32 Å². The van der Waals surface area contributed by atoms with Crippen LogP contribution >= 0.6 is 34.5 Å². The van der Waals surface area contributed by atoms with Gasteiger partial charge in [-0.2, -0.15) is 5.26 Å². The average molecular weight is 221 g/mol. The maximum absolute atomic E-state index is 8.25. The average Bonchev–Trinajstić information content (AvgIpc) is 2.31. The minimum Gasteiger partial charge on any atom is -0.300 e. The molecule has 0 fully saturated rings. The van der Waals surface area contributed by atoms with Gasteiger partial charge in [-0.05, 0) is 11.6 Å². The van der Waals surface area contributed by atoms with E-state index in [0.29, 0.717) is 21.8 Å². The van der Waals surface area contributed by atoms with Gasteiger partial charge in [-0.15, -0.1) is 11.3 Å². The van der Waals surface area contributed by atoms with Crippen molar-refractivity contribution in [2.24, 2.45) is 0 Å². The fraction of sp³-hybridized carbons (Fsp3) is 0.286. The molecule has 0 aromatic carbocycles. The molecule has 1 aromatic heterocycles. The zero-order chi connectivity index (χ0) is 8.97. The van der Waals surface area contributed by atoms with Gasteiger partial charge in [0.25, 0.3) is 0 Å². The van der Waals surface area contributed by atoms with Crippen LogP contribution in [0.1, 0.15) is 5.56 Å². The lowest BCUT2D eigenvalue weighted by Crippen LogP contribution is -2.12. The van der Waals surface area contributed by atoms with E-state index < -0.39 is 0 Å². The number of halogens is 2. The zero-order valence-corrected chi connectivity index (χ0v) is 8.43. The third-order valence-electron chi connectivity index (χ3n) is 1.25. The molecule has 1 heterocycles. The number of nitrogens with zero attached hydrogens (tertiary/aromatic N) is 1. The molecule has 1 aromatic rings. The van der Waals surface area contributed by atoms with Gasteiger partial charge in [-0.25, -0.2) is 0 Å². The molecule has 5 heteroatoms. The Morgan fingerprint density at radius 1 is 1.58 bits per heavy atom. The number of hydrogen-bond donors (Lipinski definition) is 1. The number of nitriles is 1. The Labute approximate surface area is 84.7 Å². The van der Waals surface area contributed by atoms with Gasteiger partial charge in [0.15, 0.2) is 0 Å². The molecular formula is C7H6Cl2N2S. The van der Waals surface area contributed by atoms with Crippen molar-refractivity contribution in [3.05, 3.63) is 20.3 Å². The Kier molecular flexibility index (Phi) is 3.83. The fourth-order valence-electron chi connectivity index (χ4n) is 0.748. The van der Waals surface area contributed by atoms with Crippen LogP contribution in [0, 0.1) is 11.3 Å². The molecule has 0 saturated heterocycles. The van der Waals surface area contributed by atoms with Crippen LogP contribution < -0.4 is 5.32 Å². The Morgan fingerprint density at radius 3 is 2.83 bits per heavy atom. The first-order valence-corrected chi connectivity index (χ1v) is 4.82. The third-order valence-corrected chi connectivity index (χ3v) is 2.82. The Bertz CT molecular complexity index is 303. The zero-order valence-electron chi connectivity index (χ0n) is 6.10. The lowest BCUT2D eigenvalue weighted by molar-refractivity contribution is 0.768. The van der Waals surface area contributed by atoms with E-state index in [0.717, 1.165) is 5.56 Å². The van der Waals surface area contributed by atoms with Gasteiger partial charge in [0.1, 0.15) is 0 Å². The second-order valence-electron chi connectivity index (χ2n) is 2.11. The Morgan fingerprint density at radius 2 is 2.33 bits per heavy atom. The first-order chi connectivity index (χ1) is 5.74. The highest BCUT2D eigenvalue weighted by atomic mass is 35.5. The highest BCUT2D eigenvalue weighted by molar-refractivity contribution is 7.20. The smallest absolute Gasteiger partial charge is 0.0989 e. The van der Waals surface area contributed by atoms with Gasteiger partial charge in [0.2, 0.25) is 0 Å². The Hall–Kier alpha value is -0.270. The number of rotatable bonds is 3. The Balaban J connectivity index is 2.52. The molecule has 0 amide bonds. The molecule has 0 radical (unpaired) electrons. The minimum atomic E-state index is 0.323. The molecular weight excluding hydrogens is 215 g/mol. The molecule has 2 nitrogen and oxygen atoms in total. The van der Waals surface area contributed by atoms with E-state index in [1.165, 1.54) is 11.3 Å². The van der Waals surface area contributed by atoms with Crippen molar-refractivity contribution in [3.63, 3.8) is 0 Å². The van der Waals surface area contributed by atoms with Gasteiger partial charge in [0.05, 0.1) is 21.3 Å². The molecule has 12 heavy (non-hydrogen) atoms. The summed E-state index contributed by atoms with van der Waals surface area (Å²) in [5, 5.41) is 11.2. The summed E-state index contributed by atoms with van der Waals surface area (Å²) < 4.78 is 1.36. The normalized spacial score (nSPS) is 9.75. The maximum Gasteiger partial charge on any atom is 0.0989 e. The molecule has 64 valence electrons. The van der Waals surface area contributed by atoms with E-state index in [1.807, 2.05) is 6.07 Å². The quantitative estimate of drug-likeness (QED) is 0.629. The number of nitrogens with one attached hydrogen (secondary N) is 1. The van der Waals surface area contributed by atoms with Crippen molar-refractivity contribution >= 4 is 34.5 Å². The highest BCUT2D eigenvalue weighted by Gasteiger charge is 2.04. The van der Waals surface area contributed by atoms with Gasteiger partial charge >= 0.3 is 0 Å². The van der Waals surface area contributed by atoms with Crippen LogP contribution in [0.2, 0.25) is 8.67 Å². The largest absolute Gasteiger partial charge is 0.300 e. The van der Waals surface area contributed by atoms with Gasteiger partial charge in [-0.3, -0.25) is 0 Å².